The molecule has 0 spiro atoms. The Bertz CT molecular complexity index is 1010. The lowest BCUT2D eigenvalue weighted by atomic mass is 9.97. The van der Waals surface area contributed by atoms with Crippen LogP contribution in [0.15, 0.2) is 142 Å². The van der Waals surface area contributed by atoms with E-state index in [-0.39, 0.29) is 0 Å². The van der Waals surface area contributed by atoms with Crippen LogP contribution in [-0.4, -0.2) is 0 Å². The van der Waals surface area contributed by atoms with E-state index in [1.807, 2.05) is 27.7 Å². The predicted octanol–water partition coefficient (Wildman–Crippen LogP) is 9.80. The van der Waals surface area contributed by atoms with E-state index in [1.54, 1.807) is 0 Å². The molecule has 0 saturated heterocycles. The third kappa shape index (κ3) is 7.85. The highest BCUT2D eigenvalue weighted by Crippen LogP contribution is 2.28. The molecule has 0 amide bonds. The van der Waals surface area contributed by atoms with Gasteiger partial charge in [0.25, 0.3) is 0 Å². The molecule has 0 aromatic rings. The van der Waals surface area contributed by atoms with Crippen LogP contribution in [-0.2, 0) is 0 Å². The third-order valence-electron chi connectivity index (χ3n) is 5.17. The molecule has 0 bridgehead atoms. The SMILES string of the molecule is CC.CC.CC1=C(C)C2=CC=CC=CC2=CC=C1.CC1=CC=C(C)C2=CC=CC=CC2=C1. The summed E-state index contributed by atoms with van der Waals surface area (Å²) in [5.41, 5.74) is 10.6. The van der Waals surface area contributed by atoms with Crippen molar-refractivity contribution in [2.45, 2.75) is 55.4 Å². The number of fused-ring (bicyclic) bond motifs is 2. The summed E-state index contributed by atoms with van der Waals surface area (Å²) in [5.74, 6) is 0. The van der Waals surface area contributed by atoms with Gasteiger partial charge in [-0.25, -0.2) is 0 Å². The van der Waals surface area contributed by atoms with E-state index >= 15 is 0 Å². The number of rotatable bonds is 0. The number of allylic oxidation sites excluding steroid dienone is 24. The van der Waals surface area contributed by atoms with E-state index in [4.69, 9.17) is 0 Å². The minimum Gasteiger partial charge on any atom is -0.0683 e. The van der Waals surface area contributed by atoms with Gasteiger partial charge in [-0.05, 0) is 66.7 Å². The van der Waals surface area contributed by atoms with Crippen LogP contribution in [0.2, 0.25) is 0 Å². The summed E-state index contributed by atoms with van der Waals surface area (Å²) in [5, 5.41) is 0. The second-order valence-electron chi connectivity index (χ2n) is 7.30. The van der Waals surface area contributed by atoms with Gasteiger partial charge in [0.2, 0.25) is 0 Å². The van der Waals surface area contributed by atoms with Crippen molar-refractivity contribution >= 4 is 0 Å². The van der Waals surface area contributed by atoms with Crippen LogP contribution in [0.3, 0.4) is 0 Å². The summed E-state index contributed by atoms with van der Waals surface area (Å²) in [6.45, 7) is 16.6. The maximum atomic E-state index is 2.22. The van der Waals surface area contributed by atoms with Gasteiger partial charge in [-0.3, -0.25) is 0 Å². The zero-order valence-electron chi connectivity index (χ0n) is 21.2. The van der Waals surface area contributed by atoms with Crippen LogP contribution < -0.4 is 0 Å². The van der Waals surface area contributed by atoms with Gasteiger partial charge in [-0.2, -0.15) is 0 Å². The summed E-state index contributed by atoms with van der Waals surface area (Å²) < 4.78 is 0. The molecule has 0 heterocycles. The van der Waals surface area contributed by atoms with Gasteiger partial charge in [0.1, 0.15) is 0 Å². The van der Waals surface area contributed by atoms with Gasteiger partial charge in [0, 0.05) is 0 Å². The third-order valence-corrected chi connectivity index (χ3v) is 5.17. The first-order chi connectivity index (χ1) is 15.6. The summed E-state index contributed by atoms with van der Waals surface area (Å²) in [4.78, 5) is 0. The highest BCUT2D eigenvalue weighted by Gasteiger charge is 2.09. The quantitative estimate of drug-likeness (QED) is 0.363. The van der Waals surface area contributed by atoms with Crippen molar-refractivity contribution in [2.24, 2.45) is 0 Å². The van der Waals surface area contributed by atoms with E-state index in [2.05, 4.69) is 125 Å². The zero-order valence-corrected chi connectivity index (χ0v) is 21.2. The van der Waals surface area contributed by atoms with Crippen molar-refractivity contribution < 1.29 is 0 Å². The predicted molar refractivity (Wildman–Crippen MR) is 147 cm³/mol. The van der Waals surface area contributed by atoms with E-state index in [0.29, 0.717) is 0 Å². The molecule has 0 saturated carbocycles. The van der Waals surface area contributed by atoms with Gasteiger partial charge in [-0.15, -0.1) is 0 Å². The molecule has 0 aromatic heterocycles. The minimum atomic E-state index is 1.29. The van der Waals surface area contributed by atoms with Crippen molar-refractivity contribution in [1.29, 1.82) is 0 Å². The highest BCUT2D eigenvalue weighted by molar-refractivity contribution is 5.60. The molecule has 0 heteroatoms. The van der Waals surface area contributed by atoms with Crippen LogP contribution in [0.4, 0.5) is 0 Å². The molecule has 4 aliphatic rings. The molecule has 4 rings (SSSR count). The van der Waals surface area contributed by atoms with Gasteiger partial charge < -0.3 is 0 Å². The first kappa shape index (κ1) is 26.9. The van der Waals surface area contributed by atoms with E-state index < -0.39 is 0 Å². The molecular formula is C32H40. The zero-order chi connectivity index (χ0) is 23.9. The highest BCUT2D eigenvalue weighted by atomic mass is 14.1. The average Bonchev–Trinajstić information content (AvgIpc) is 3.29. The molecule has 0 unspecified atom stereocenters. The maximum absolute atomic E-state index is 2.22. The Labute approximate surface area is 197 Å². The summed E-state index contributed by atoms with van der Waals surface area (Å²) >= 11 is 0. The Morgan fingerprint density at radius 1 is 0.469 bits per heavy atom. The average molecular weight is 425 g/mol. The second-order valence-corrected chi connectivity index (χ2v) is 7.30. The van der Waals surface area contributed by atoms with Crippen molar-refractivity contribution in [3.63, 3.8) is 0 Å². The second kappa shape index (κ2) is 14.8. The van der Waals surface area contributed by atoms with Gasteiger partial charge in [-0.1, -0.05) is 130 Å². The summed E-state index contributed by atoms with van der Waals surface area (Å²) in [6.07, 6.45) is 34.1. The Morgan fingerprint density at radius 3 is 1.72 bits per heavy atom. The lowest BCUT2D eigenvalue weighted by Crippen LogP contribution is -1.89. The summed E-state index contributed by atoms with van der Waals surface area (Å²) in [7, 11) is 0. The van der Waals surface area contributed by atoms with Crippen LogP contribution in [0, 0.1) is 0 Å². The topological polar surface area (TPSA) is 0 Å². The fourth-order valence-electron chi connectivity index (χ4n) is 3.37. The normalized spacial score (nSPS) is 17.8. The Hall–Kier alpha value is -3.12. The molecule has 32 heavy (non-hydrogen) atoms. The fraction of sp³-hybridized carbons (Fsp3) is 0.250. The molecule has 0 N–H and O–H groups in total. The van der Waals surface area contributed by atoms with Crippen LogP contribution in [0.25, 0.3) is 0 Å². The lowest BCUT2D eigenvalue weighted by molar-refractivity contribution is 1.31. The fourth-order valence-corrected chi connectivity index (χ4v) is 3.37. The van der Waals surface area contributed by atoms with Gasteiger partial charge in [0.05, 0.1) is 0 Å². The van der Waals surface area contributed by atoms with Crippen LogP contribution in [0.5, 0.6) is 0 Å². The molecular weight excluding hydrogens is 384 g/mol. The van der Waals surface area contributed by atoms with E-state index in [9.17, 15) is 0 Å². The van der Waals surface area contributed by atoms with E-state index in [0.717, 1.165) is 0 Å². The maximum Gasteiger partial charge on any atom is -0.0152 e. The first-order valence-electron chi connectivity index (χ1n) is 11.8. The standard InChI is InChI=1S/2C14H14.2C2H6/c1-11-7-6-9-13-8-4-3-5-10-14(13)12(11)2;1-11-8-9-12(2)14-7-5-3-4-6-13(14)10-11;2*1-2/h2*3-10H,1-2H3;2*1-2H3. The van der Waals surface area contributed by atoms with Crippen LogP contribution >= 0.6 is 0 Å². The van der Waals surface area contributed by atoms with E-state index in [1.165, 1.54) is 44.6 Å². The lowest BCUT2D eigenvalue weighted by Gasteiger charge is -2.08. The largest absolute Gasteiger partial charge is 0.0683 e. The molecule has 4 aliphatic carbocycles. The minimum absolute atomic E-state index is 1.29. The molecule has 0 nitrogen and oxygen atoms in total. The first-order valence-corrected chi connectivity index (χ1v) is 11.8. The Kier molecular flexibility index (Phi) is 12.5. The number of hydrogen-bond acceptors (Lipinski definition) is 0. The number of hydrogen-bond donors (Lipinski definition) is 0. The van der Waals surface area contributed by atoms with Crippen molar-refractivity contribution in [1.82, 2.24) is 0 Å². The van der Waals surface area contributed by atoms with Crippen LogP contribution in [0.1, 0.15) is 55.4 Å². The van der Waals surface area contributed by atoms with Crippen molar-refractivity contribution in [3.05, 3.63) is 142 Å². The Balaban J connectivity index is 0.000000277. The monoisotopic (exact) mass is 424 g/mol. The molecule has 0 fully saturated rings. The molecule has 0 atom stereocenters. The van der Waals surface area contributed by atoms with Crippen molar-refractivity contribution in [2.75, 3.05) is 0 Å². The summed E-state index contributed by atoms with van der Waals surface area (Å²) in [6, 6.07) is 0. The smallest absolute Gasteiger partial charge is 0.0152 e. The molecule has 0 radical (unpaired) electrons. The van der Waals surface area contributed by atoms with Gasteiger partial charge >= 0.3 is 0 Å². The molecule has 168 valence electrons. The molecule has 0 aliphatic heterocycles. The molecule has 0 aromatic carbocycles. The van der Waals surface area contributed by atoms with Crippen molar-refractivity contribution in [3.8, 4) is 0 Å². The van der Waals surface area contributed by atoms with Gasteiger partial charge in [0.15, 0.2) is 0 Å². The Morgan fingerprint density at radius 2 is 1.06 bits per heavy atom.